The van der Waals surface area contributed by atoms with Crippen molar-refractivity contribution in [2.24, 2.45) is 0 Å². The summed E-state index contributed by atoms with van der Waals surface area (Å²) in [6, 6.07) is 1.82. The number of ether oxygens (including phenoxy) is 1. The standard InChI is InChI=1S/C15H18N6O3/c1-23-11-6-7-16-15(18-11)21-8-2-3-10(21)14-19-12(20-24-14)13(22)17-9-4-5-9/h6-7,9-10H,2-5,8H2,1H3,(H,17,22)/t10-/m0/s1. The average Bonchev–Trinajstić information content (AvgIpc) is 3.11. The number of amides is 1. The first kappa shape index (κ1) is 14.9. The van der Waals surface area contributed by atoms with Gasteiger partial charge in [0.05, 0.1) is 7.11 Å². The van der Waals surface area contributed by atoms with Crippen LogP contribution >= 0.6 is 0 Å². The van der Waals surface area contributed by atoms with Crippen LogP contribution in [0.4, 0.5) is 5.95 Å². The Labute approximate surface area is 138 Å². The minimum Gasteiger partial charge on any atom is -0.481 e. The zero-order valence-electron chi connectivity index (χ0n) is 13.3. The van der Waals surface area contributed by atoms with Gasteiger partial charge in [0, 0.05) is 24.8 Å². The van der Waals surface area contributed by atoms with Crippen molar-refractivity contribution >= 4 is 11.9 Å². The van der Waals surface area contributed by atoms with Crippen LogP contribution in [0.3, 0.4) is 0 Å². The van der Waals surface area contributed by atoms with Gasteiger partial charge in [0.1, 0.15) is 6.04 Å². The van der Waals surface area contributed by atoms with Gasteiger partial charge in [-0.15, -0.1) is 0 Å². The van der Waals surface area contributed by atoms with Crippen molar-refractivity contribution in [1.29, 1.82) is 0 Å². The van der Waals surface area contributed by atoms with Crippen molar-refractivity contribution in [3.63, 3.8) is 0 Å². The van der Waals surface area contributed by atoms with Gasteiger partial charge >= 0.3 is 0 Å². The van der Waals surface area contributed by atoms with Gasteiger partial charge in [0.25, 0.3) is 11.7 Å². The smallest absolute Gasteiger partial charge is 0.292 e. The van der Waals surface area contributed by atoms with E-state index in [9.17, 15) is 4.79 Å². The Bertz CT molecular complexity index is 744. The minimum absolute atomic E-state index is 0.0790. The maximum absolute atomic E-state index is 12.0. The van der Waals surface area contributed by atoms with E-state index in [4.69, 9.17) is 9.26 Å². The molecular formula is C15H18N6O3. The highest BCUT2D eigenvalue weighted by Gasteiger charge is 2.34. The molecular weight excluding hydrogens is 312 g/mol. The molecule has 24 heavy (non-hydrogen) atoms. The largest absolute Gasteiger partial charge is 0.481 e. The number of rotatable bonds is 5. The van der Waals surface area contributed by atoms with Crippen molar-refractivity contribution in [2.45, 2.75) is 37.8 Å². The molecule has 1 amide bonds. The third-order valence-electron chi connectivity index (χ3n) is 4.18. The predicted octanol–water partition coefficient (Wildman–Crippen LogP) is 1.10. The predicted molar refractivity (Wildman–Crippen MR) is 82.7 cm³/mol. The van der Waals surface area contributed by atoms with Crippen molar-refractivity contribution < 1.29 is 14.1 Å². The molecule has 0 aromatic carbocycles. The summed E-state index contributed by atoms with van der Waals surface area (Å²) in [4.78, 5) is 26.9. The van der Waals surface area contributed by atoms with Crippen LogP contribution in [0.15, 0.2) is 16.8 Å². The summed E-state index contributed by atoms with van der Waals surface area (Å²) in [5, 5.41) is 6.67. The topological polar surface area (TPSA) is 106 Å². The molecule has 0 spiro atoms. The molecule has 126 valence electrons. The van der Waals surface area contributed by atoms with Crippen molar-refractivity contribution in [3.8, 4) is 5.88 Å². The van der Waals surface area contributed by atoms with Crippen molar-refractivity contribution in [3.05, 3.63) is 24.0 Å². The zero-order valence-corrected chi connectivity index (χ0v) is 13.3. The molecule has 3 heterocycles. The molecule has 0 bridgehead atoms. The van der Waals surface area contributed by atoms with Gasteiger partial charge in [0.15, 0.2) is 0 Å². The van der Waals surface area contributed by atoms with Gasteiger partial charge in [-0.2, -0.15) is 9.97 Å². The normalized spacial score (nSPS) is 20.2. The van der Waals surface area contributed by atoms with Crippen LogP contribution in [0.5, 0.6) is 5.88 Å². The van der Waals surface area contributed by atoms with Crippen LogP contribution in [0.2, 0.25) is 0 Å². The molecule has 2 aromatic heterocycles. The summed E-state index contributed by atoms with van der Waals surface area (Å²) in [6.07, 6.45) is 5.47. The van der Waals surface area contributed by atoms with Crippen LogP contribution < -0.4 is 15.0 Å². The van der Waals surface area contributed by atoms with Crippen LogP contribution in [0, 0.1) is 0 Å². The maximum Gasteiger partial charge on any atom is 0.292 e. The molecule has 1 saturated carbocycles. The van der Waals surface area contributed by atoms with Gasteiger partial charge in [-0.05, 0) is 25.7 Å². The molecule has 4 rings (SSSR count). The van der Waals surface area contributed by atoms with E-state index in [1.54, 1.807) is 19.4 Å². The fraction of sp³-hybridized carbons (Fsp3) is 0.533. The lowest BCUT2D eigenvalue weighted by Gasteiger charge is -2.21. The number of carbonyl (C=O) groups excluding carboxylic acids is 1. The summed E-state index contributed by atoms with van der Waals surface area (Å²) in [7, 11) is 1.57. The quantitative estimate of drug-likeness (QED) is 0.868. The molecule has 1 atom stereocenters. The minimum atomic E-state index is -0.283. The Balaban J connectivity index is 1.54. The van der Waals surface area contributed by atoms with Gasteiger partial charge < -0.3 is 19.5 Å². The summed E-state index contributed by atoms with van der Waals surface area (Å²) in [5.41, 5.74) is 0. The first-order chi connectivity index (χ1) is 11.7. The number of carbonyl (C=O) groups is 1. The molecule has 0 radical (unpaired) electrons. The van der Waals surface area contributed by atoms with E-state index in [1.165, 1.54) is 0 Å². The van der Waals surface area contributed by atoms with Crippen LogP contribution in [0.1, 0.15) is 48.2 Å². The molecule has 1 N–H and O–H groups in total. The van der Waals surface area contributed by atoms with E-state index in [1.807, 2.05) is 4.90 Å². The van der Waals surface area contributed by atoms with E-state index in [0.29, 0.717) is 17.7 Å². The van der Waals surface area contributed by atoms with Gasteiger partial charge in [0.2, 0.25) is 17.7 Å². The Hall–Kier alpha value is -2.71. The first-order valence-corrected chi connectivity index (χ1v) is 8.03. The third kappa shape index (κ3) is 2.89. The highest BCUT2D eigenvalue weighted by molar-refractivity contribution is 5.90. The Morgan fingerprint density at radius 2 is 2.25 bits per heavy atom. The van der Waals surface area contributed by atoms with Crippen LogP contribution in [0.25, 0.3) is 0 Å². The second-order valence-electron chi connectivity index (χ2n) is 5.95. The van der Waals surface area contributed by atoms with E-state index in [0.717, 1.165) is 32.2 Å². The summed E-state index contributed by atoms with van der Waals surface area (Å²) >= 11 is 0. The van der Waals surface area contributed by atoms with Crippen molar-refractivity contribution in [1.82, 2.24) is 25.4 Å². The van der Waals surface area contributed by atoms with Gasteiger partial charge in [-0.3, -0.25) is 4.79 Å². The maximum atomic E-state index is 12.0. The summed E-state index contributed by atoms with van der Waals surface area (Å²) in [5.74, 6) is 1.27. The lowest BCUT2D eigenvalue weighted by atomic mass is 10.2. The van der Waals surface area contributed by atoms with E-state index in [-0.39, 0.29) is 23.8 Å². The SMILES string of the molecule is COc1ccnc(N2CCC[C@H]2c2nc(C(=O)NC3CC3)no2)n1. The van der Waals surface area contributed by atoms with Gasteiger partial charge in [-0.25, -0.2) is 4.98 Å². The number of nitrogens with one attached hydrogen (secondary N) is 1. The Kier molecular flexibility index (Phi) is 3.75. The fourth-order valence-corrected chi connectivity index (χ4v) is 2.79. The highest BCUT2D eigenvalue weighted by Crippen LogP contribution is 2.34. The Morgan fingerprint density at radius 1 is 1.38 bits per heavy atom. The lowest BCUT2D eigenvalue weighted by Crippen LogP contribution is -2.27. The highest BCUT2D eigenvalue weighted by atomic mass is 16.5. The number of hydrogen-bond donors (Lipinski definition) is 1. The molecule has 1 saturated heterocycles. The van der Waals surface area contributed by atoms with E-state index >= 15 is 0 Å². The molecule has 2 fully saturated rings. The van der Waals surface area contributed by atoms with Gasteiger partial charge in [-0.1, -0.05) is 5.16 Å². The first-order valence-electron chi connectivity index (χ1n) is 8.03. The molecule has 2 aromatic rings. The number of methoxy groups -OCH3 is 1. The molecule has 2 aliphatic rings. The zero-order chi connectivity index (χ0) is 16.5. The molecule has 1 aliphatic heterocycles. The number of aromatic nitrogens is 4. The summed E-state index contributed by atoms with van der Waals surface area (Å²) in [6.45, 7) is 0.782. The van der Waals surface area contributed by atoms with E-state index < -0.39 is 0 Å². The molecule has 9 nitrogen and oxygen atoms in total. The number of anilines is 1. The second kappa shape index (κ2) is 6.06. The van der Waals surface area contributed by atoms with Crippen LogP contribution in [-0.2, 0) is 0 Å². The molecule has 9 heteroatoms. The van der Waals surface area contributed by atoms with E-state index in [2.05, 4.69) is 25.4 Å². The summed E-state index contributed by atoms with van der Waals surface area (Å²) < 4.78 is 10.5. The molecule has 1 aliphatic carbocycles. The van der Waals surface area contributed by atoms with Crippen molar-refractivity contribution in [2.75, 3.05) is 18.6 Å². The van der Waals surface area contributed by atoms with Crippen LogP contribution in [-0.4, -0.2) is 45.7 Å². The fourth-order valence-electron chi connectivity index (χ4n) is 2.79. The lowest BCUT2D eigenvalue weighted by molar-refractivity contribution is 0.0937. The second-order valence-corrected chi connectivity index (χ2v) is 5.95. The third-order valence-corrected chi connectivity index (χ3v) is 4.18. The Morgan fingerprint density at radius 3 is 3.04 bits per heavy atom. The number of nitrogens with zero attached hydrogens (tertiary/aromatic N) is 5. The monoisotopic (exact) mass is 330 g/mol. The molecule has 0 unspecified atom stereocenters. The average molecular weight is 330 g/mol. The number of hydrogen-bond acceptors (Lipinski definition) is 8.